The molecule has 334 valence electrons. The second-order valence-corrected chi connectivity index (χ2v) is 16.2. The lowest BCUT2D eigenvalue weighted by Crippen LogP contribution is -2.61. The van der Waals surface area contributed by atoms with Gasteiger partial charge in [-0.15, -0.1) is 0 Å². The first-order chi connectivity index (χ1) is 28.4. The quantitative estimate of drug-likeness (QED) is 0.0515. The summed E-state index contributed by atoms with van der Waals surface area (Å²) in [6.07, 6.45) is 3.64. The Labute approximate surface area is 350 Å². The summed E-state index contributed by atoms with van der Waals surface area (Å²) < 4.78 is 11.9. The third-order valence-corrected chi connectivity index (χ3v) is 9.99. The molecule has 10 N–H and O–H groups in total. The molecule has 19 heteroatoms. The molecule has 1 aliphatic rings. The molecule has 1 aromatic heterocycles. The molecule has 3 rings (SSSR count). The number of aryl methyl sites for hydroxylation is 1. The fourth-order valence-electron chi connectivity index (χ4n) is 6.59. The van der Waals surface area contributed by atoms with E-state index in [0.717, 1.165) is 19.3 Å². The van der Waals surface area contributed by atoms with Gasteiger partial charge in [0.15, 0.2) is 0 Å². The molecule has 1 aliphatic heterocycles. The van der Waals surface area contributed by atoms with Gasteiger partial charge in [-0.1, -0.05) is 44.2 Å². The molecule has 19 nitrogen and oxygen atoms in total. The molecular weight excluding hydrogens is 780 g/mol. The molecule has 0 spiro atoms. The zero-order valence-corrected chi connectivity index (χ0v) is 35.2. The molecule has 0 unspecified atom stereocenters. The van der Waals surface area contributed by atoms with Gasteiger partial charge in [0.1, 0.15) is 30.2 Å². The van der Waals surface area contributed by atoms with E-state index in [1.807, 2.05) is 32.0 Å². The number of ether oxygens (including phenoxy) is 2. The Bertz CT molecular complexity index is 1680. The van der Waals surface area contributed by atoms with Crippen molar-refractivity contribution in [3.05, 3.63) is 54.1 Å². The smallest absolute Gasteiger partial charge is 0.245 e. The minimum atomic E-state index is -1.60. The van der Waals surface area contributed by atoms with Crippen molar-refractivity contribution in [1.29, 1.82) is 0 Å². The van der Waals surface area contributed by atoms with Crippen LogP contribution in [0, 0.1) is 5.92 Å². The number of hydrogen-bond donors (Lipinski definition) is 9. The third-order valence-electron chi connectivity index (χ3n) is 9.99. The van der Waals surface area contributed by atoms with Gasteiger partial charge in [-0.05, 0) is 57.9 Å². The first-order valence-electron chi connectivity index (χ1n) is 20.4. The number of unbranched alkanes of at least 4 members (excludes halogenated alkanes) is 1. The molecule has 60 heavy (non-hydrogen) atoms. The van der Waals surface area contributed by atoms with E-state index in [1.165, 1.54) is 29.9 Å². The van der Waals surface area contributed by atoms with E-state index in [9.17, 15) is 44.1 Å². The Balaban J connectivity index is 1.76. The summed E-state index contributed by atoms with van der Waals surface area (Å²) in [6.45, 7) is 7.72. The van der Waals surface area contributed by atoms with Crippen LogP contribution in [0.2, 0.25) is 0 Å². The van der Waals surface area contributed by atoms with Crippen LogP contribution in [-0.4, -0.2) is 147 Å². The Morgan fingerprint density at radius 3 is 2.20 bits per heavy atom. The van der Waals surface area contributed by atoms with Gasteiger partial charge in [0.05, 0.1) is 50.4 Å². The second kappa shape index (κ2) is 24.3. The minimum absolute atomic E-state index is 0.00544. The SMILES string of the molecule is CC(C)C[C@H](NC(=O)[C@@H]1C[C@@H](OCCCCc2ccccc2)CN1C(=O)CCOC(C)(C)CO)C(=O)N[C@@H](Cc1cnc[nH]1)C(=O)N[C@@H](CO)C(=O)N[C@H](C(N)=O)[C@@H](C)O. The summed E-state index contributed by atoms with van der Waals surface area (Å²) in [7, 11) is 0. The van der Waals surface area contributed by atoms with Gasteiger partial charge < -0.3 is 61.7 Å². The normalized spacial score (nSPS) is 17.9. The number of nitrogens with two attached hydrogens (primary N) is 1. The highest BCUT2D eigenvalue weighted by Gasteiger charge is 2.41. The number of amides is 6. The van der Waals surface area contributed by atoms with Gasteiger partial charge in [0.2, 0.25) is 35.4 Å². The number of primary amides is 1. The molecule has 0 bridgehead atoms. The zero-order valence-electron chi connectivity index (χ0n) is 35.2. The monoisotopic (exact) mass is 844 g/mol. The molecule has 1 fully saturated rings. The number of rotatable bonds is 26. The third kappa shape index (κ3) is 16.2. The largest absolute Gasteiger partial charge is 0.394 e. The Morgan fingerprint density at radius 2 is 1.60 bits per heavy atom. The van der Waals surface area contributed by atoms with Gasteiger partial charge in [0.25, 0.3) is 0 Å². The Hall–Kier alpha value is -4.95. The molecular formula is C41H64N8O11. The van der Waals surface area contributed by atoms with Crippen molar-refractivity contribution in [2.45, 2.75) is 128 Å². The first-order valence-corrected chi connectivity index (χ1v) is 20.4. The van der Waals surface area contributed by atoms with Crippen molar-refractivity contribution in [1.82, 2.24) is 36.1 Å². The van der Waals surface area contributed by atoms with Gasteiger partial charge in [-0.3, -0.25) is 28.8 Å². The van der Waals surface area contributed by atoms with E-state index in [1.54, 1.807) is 13.8 Å². The highest BCUT2D eigenvalue weighted by Crippen LogP contribution is 2.23. The second-order valence-electron chi connectivity index (χ2n) is 16.2. The number of aromatic amines is 1. The fraction of sp³-hybridized carbons (Fsp3) is 0.634. The number of aliphatic hydroxyl groups is 3. The number of nitrogens with one attached hydrogen (secondary N) is 5. The average Bonchev–Trinajstić information content (AvgIpc) is 3.88. The van der Waals surface area contributed by atoms with Gasteiger partial charge in [-0.25, -0.2) is 4.98 Å². The molecule has 1 saturated heterocycles. The van der Waals surface area contributed by atoms with Gasteiger partial charge in [0, 0.05) is 37.9 Å². The van der Waals surface area contributed by atoms with Crippen LogP contribution < -0.4 is 27.0 Å². The minimum Gasteiger partial charge on any atom is -0.394 e. The number of H-pyrrole nitrogens is 1. The molecule has 1 aromatic carbocycles. The van der Waals surface area contributed by atoms with E-state index in [0.29, 0.717) is 12.3 Å². The molecule has 0 saturated carbocycles. The summed E-state index contributed by atoms with van der Waals surface area (Å²) >= 11 is 0. The number of carbonyl (C=O) groups is 6. The number of nitrogens with zero attached hydrogens (tertiary/aromatic N) is 2. The van der Waals surface area contributed by atoms with Crippen LogP contribution in [0.4, 0.5) is 0 Å². The fourth-order valence-corrected chi connectivity index (χ4v) is 6.59. The number of likely N-dealkylation sites (tertiary alicyclic amines) is 1. The number of aromatic nitrogens is 2. The maximum atomic E-state index is 14.1. The predicted octanol–water partition coefficient (Wildman–Crippen LogP) is -1.02. The summed E-state index contributed by atoms with van der Waals surface area (Å²) in [5, 5.41) is 39.5. The zero-order chi connectivity index (χ0) is 44.4. The van der Waals surface area contributed by atoms with E-state index >= 15 is 0 Å². The van der Waals surface area contributed by atoms with Gasteiger partial charge >= 0.3 is 0 Å². The van der Waals surface area contributed by atoms with Crippen molar-refractivity contribution in [3.63, 3.8) is 0 Å². The number of aliphatic hydroxyl groups excluding tert-OH is 3. The summed E-state index contributed by atoms with van der Waals surface area (Å²) in [5.74, 6) is -4.74. The van der Waals surface area contributed by atoms with Crippen molar-refractivity contribution in [3.8, 4) is 0 Å². The van der Waals surface area contributed by atoms with Crippen molar-refractivity contribution >= 4 is 35.4 Å². The van der Waals surface area contributed by atoms with Crippen molar-refractivity contribution in [2.75, 3.05) is 33.0 Å². The Kier molecular flexibility index (Phi) is 20.0. The number of benzene rings is 1. The maximum Gasteiger partial charge on any atom is 0.245 e. The standard InChI is InChI=1S/C41H64N8O11/c1-25(2)17-30(37(55)45-31(18-28-20-43-24-44-28)38(56)47-32(22-50)39(57)48-35(26(3)52)36(42)54)46-40(58)33-19-29(59-15-10-9-13-27-11-7-6-8-12-27)21-49(33)34(53)14-16-60-41(4,5)23-51/h6-8,11-12,20,24-26,29-33,35,50-52H,9-10,13-19,21-23H2,1-5H3,(H2,42,54)(H,43,44)(H,45,55)(H,46,58)(H,47,56)(H,48,57)/t26-,29-,30+,31+,32+,33+,35+/m1/s1. The predicted molar refractivity (Wildman–Crippen MR) is 218 cm³/mol. The van der Waals surface area contributed by atoms with Gasteiger partial charge in [-0.2, -0.15) is 0 Å². The Morgan fingerprint density at radius 1 is 0.933 bits per heavy atom. The van der Waals surface area contributed by atoms with Crippen LogP contribution >= 0.6 is 0 Å². The van der Waals surface area contributed by atoms with Crippen LogP contribution in [0.15, 0.2) is 42.9 Å². The van der Waals surface area contributed by atoms with Crippen LogP contribution in [0.25, 0.3) is 0 Å². The number of carbonyl (C=O) groups excluding carboxylic acids is 6. The lowest BCUT2D eigenvalue weighted by Gasteiger charge is -2.29. The topological polar surface area (TPSA) is 288 Å². The highest BCUT2D eigenvalue weighted by atomic mass is 16.5. The molecule has 2 heterocycles. The number of imidazole rings is 1. The summed E-state index contributed by atoms with van der Waals surface area (Å²) in [5.41, 5.74) is 6.06. The van der Waals surface area contributed by atoms with E-state index in [4.69, 9.17) is 15.2 Å². The van der Waals surface area contributed by atoms with E-state index in [-0.39, 0.29) is 57.3 Å². The van der Waals surface area contributed by atoms with E-state index in [2.05, 4.69) is 43.4 Å². The highest BCUT2D eigenvalue weighted by molar-refractivity contribution is 5.96. The lowest BCUT2D eigenvalue weighted by molar-refractivity contribution is -0.142. The average molecular weight is 845 g/mol. The van der Waals surface area contributed by atoms with Crippen LogP contribution in [0.3, 0.4) is 0 Å². The summed E-state index contributed by atoms with van der Waals surface area (Å²) in [6, 6.07) is 3.45. The van der Waals surface area contributed by atoms with Crippen LogP contribution in [0.1, 0.15) is 78.0 Å². The summed E-state index contributed by atoms with van der Waals surface area (Å²) in [4.78, 5) is 88.3. The lowest BCUT2D eigenvalue weighted by atomic mass is 10.0. The molecule has 0 aliphatic carbocycles. The molecule has 0 radical (unpaired) electrons. The van der Waals surface area contributed by atoms with Crippen LogP contribution in [-0.2, 0) is 51.1 Å². The molecule has 2 aromatic rings. The van der Waals surface area contributed by atoms with Crippen LogP contribution in [0.5, 0.6) is 0 Å². The van der Waals surface area contributed by atoms with E-state index < -0.39 is 84.2 Å². The van der Waals surface area contributed by atoms with Crippen molar-refractivity contribution in [2.24, 2.45) is 11.7 Å². The maximum absolute atomic E-state index is 14.1. The number of hydrogen-bond acceptors (Lipinski definition) is 12. The van der Waals surface area contributed by atoms with Crippen molar-refractivity contribution < 1.29 is 53.6 Å². The molecule has 7 atom stereocenters. The first kappa shape index (κ1) is 49.4. The molecule has 6 amide bonds.